The van der Waals surface area contributed by atoms with Gasteiger partial charge in [-0.1, -0.05) is 36.4 Å². The maximum absolute atomic E-state index is 12.3. The molecule has 2 aliphatic rings. The SMILES string of the molecule is Nc1ccc(Nc2ncnc(Nc3ccc(N)c(Oc4ccccc4)c3C=O)c3cncc2-3)c(C=O)c1Oc1ccccc1. The van der Waals surface area contributed by atoms with Crippen LogP contribution >= 0.6 is 0 Å². The monoisotopic (exact) mass is 583 g/mol. The zero-order valence-corrected chi connectivity index (χ0v) is 23.1. The van der Waals surface area contributed by atoms with Crippen LogP contribution in [0.1, 0.15) is 20.7 Å². The van der Waals surface area contributed by atoms with Crippen molar-refractivity contribution in [2.45, 2.75) is 0 Å². The molecular formula is C33H25N7O4. The van der Waals surface area contributed by atoms with E-state index in [4.69, 9.17) is 20.9 Å². The fraction of sp³-hybridized carbons (Fsp3) is 0. The highest BCUT2D eigenvalue weighted by Crippen LogP contribution is 2.41. The second-order valence-electron chi connectivity index (χ2n) is 9.51. The number of para-hydroxylation sites is 2. The first kappa shape index (κ1) is 27.7. The summed E-state index contributed by atoms with van der Waals surface area (Å²) in [4.78, 5) is 37.8. The molecule has 0 radical (unpaired) electrons. The minimum absolute atomic E-state index is 0.213. The molecule has 11 nitrogen and oxygen atoms in total. The number of benzene rings is 4. The van der Waals surface area contributed by atoms with Gasteiger partial charge >= 0.3 is 0 Å². The summed E-state index contributed by atoms with van der Waals surface area (Å²) in [5.74, 6) is 2.23. The van der Waals surface area contributed by atoms with Gasteiger partial charge in [-0.05, 0) is 48.5 Å². The molecule has 4 aromatic rings. The standard InChI is InChI=1S/C33H25N7O4/c34-26-11-13-28(24(17-41)30(26)43-20-7-3-1-4-8-20)39-32-22-15-36-16-23(22)33(38-19-37-32)40-29-14-12-27(35)31(25(29)18-42)44-21-9-5-2-6-10-21/h1-19H,34-35H2,(H2,37,38,39,40). The van der Waals surface area contributed by atoms with Gasteiger partial charge in [-0.3, -0.25) is 14.6 Å². The molecule has 0 aliphatic carbocycles. The Hall–Kier alpha value is -6.49. The van der Waals surface area contributed by atoms with Gasteiger partial charge in [-0.15, -0.1) is 0 Å². The summed E-state index contributed by atoms with van der Waals surface area (Å²) in [5.41, 5.74) is 15.4. The number of nitrogens with two attached hydrogens (primary N) is 2. The van der Waals surface area contributed by atoms with Crippen LogP contribution in [0.25, 0.3) is 11.1 Å². The summed E-state index contributed by atoms with van der Waals surface area (Å²) in [5, 5.41) is 6.41. The molecule has 0 saturated carbocycles. The zero-order valence-electron chi connectivity index (χ0n) is 23.1. The first-order valence-electron chi connectivity index (χ1n) is 13.4. The van der Waals surface area contributed by atoms with Gasteiger partial charge in [0, 0.05) is 23.5 Å². The van der Waals surface area contributed by atoms with Crippen molar-refractivity contribution in [2.75, 3.05) is 22.1 Å². The summed E-state index contributed by atoms with van der Waals surface area (Å²) in [7, 11) is 0. The Bertz CT molecular complexity index is 1800. The van der Waals surface area contributed by atoms with E-state index in [1.807, 2.05) is 36.4 Å². The summed E-state index contributed by atoms with van der Waals surface area (Å²) in [6, 6.07) is 24.7. The fourth-order valence-corrected chi connectivity index (χ4v) is 4.57. The van der Waals surface area contributed by atoms with E-state index in [2.05, 4.69) is 25.6 Å². The predicted octanol–water partition coefficient (Wildman–Crippen LogP) is 6.84. The molecule has 6 N–H and O–H groups in total. The highest BCUT2D eigenvalue weighted by Gasteiger charge is 2.21. The van der Waals surface area contributed by atoms with Crippen LogP contribution in [0.3, 0.4) is 0 Å². The quantitative estimate of drug-likeness (QED) is 0.0984. The highest BCUT2D eigenvalue weighted by molar-refractivity contribution is 5.96. The molecule has 0 amide bonds. The van der Waals surface area contributed by atoms with Gasteiger partial charge in [0.2, 0.25) is 0 Å². The van der Waals surface area contributed by atoms with Crippen molar-refractivity contribution in [3.05, 3.63) is 115 Å². The molecule has 44 heavy (non-hydrogen) atoms. The molecule has 2 aliphatic heterocycles. The topological polar surface area (TPSA) is 167 Å². The maximum Gasteiger partial charge on any atom is 0.162 e. The number of carbonyl (C=O) groups excluding carboxylic acids is 2. The molecule has 0 aromatic heterocycles. The molecule has 11 heteroatoms. The van der Waals surface area contributed by atoms with E-state index in [1.165, 1.54) is 6.33 Å². The molecule has 2 heterocycles. The number of hydrogen-bond acceptors (Lipinski definition) is 11. The Balaban J connectivity index is 1.33. The van der Waals surface area contributed by atoms with Crippen molar-refractivity contribution in [3.8, 4) is 34.1 Å². The lowest BCUT2D eigenvalue weighted by Gasteiger charge is -2.16. The first-order chi connectivity index (χ1) is 21.6. The Morgan fingerprint density at radius 3 is 1.43 bits per heavy atom. The lowest BCUT2D eigenvalue weighted by molar-refractivity contribution is 0.111. The van der Waals surface area contributed by atoms with Crippen molar-refractivity contribution in [2.24, 2.45) is 0 Å². The molecule has 0 unspecified atom stereocenters. The second-order valence-corrected chi connectivity index (χ2v) is 9.51. The number of anilines is 6. The van der Waals surface area contributed by atoms with Gasteiger partial charge in [0.25, 0.3) is 0 Å². The maximum atomic E-state index is 12.3. The number of nitrogens with one attached hydrogen (secondary N) is 2. The van der Waals surface area contributed by atoms with Crippen molar-refractivity contribution in [3.63, 3.8) is 0 Å². The number of carbonyl (C=O) groups is 2. The van der Waals surface area contributed by atoms with Crippen LogP contribution in [-0.4, -0.2) is 27.5 Å². The average Bonchev–Trinajstić information content (AvgIpc) is 3.48. The van der Waals surface area contributed by atoms with Crippen LogP contribution in [0.4, 0.5) is 34.4 Å². The van der Waals surface area contributed by atoms with Gasteiger partial charge in [0.05, 0.1) is 33.9 Å². The molecule has 4 aromatic carbocycles. The number of nitrogen functional groups attached to an aromatic ring is 2. The Kier molecular flexibility index (Phi) is 7.65. The molecule has 6 rings (SSSR count). The van der Waals surface area contributed by atoms with E-state index in [9.17, 15) is 9.59 Å². The Morgan fingerprint density at radius 1 is 0.591 bits per heavy atom. The summed E-state index contributed by atoms with van der Waals surface area (Å²) in [6.07, 6.45) is 5.92. The zero-order chi connectivity index (χ0) is 30.5. The van der Waals surface area contributed by atoms with Gasteiger partial charge in [-0.2, -0.15) is 0 Å². The van der Waals surface area contributed by atoms with Crippen LogP contribution in [0.15, 0.2) is 104 Å². The lowest BCUT2D eigenvalue weighted by atomic mass is 10.1. The Morgan fingerprint density at radius 2 is 1.02 bits per heavy atom. The van der Waals surface area contributed by atoms with E-state index < -0.39 is 0 Å². The summed E-state index contributed by atoms with van der Waals surface area (Å²) < 4.78 is 11.9. The van der Waals surface area contributed by atoms with Crippen molar-refractivity contribution in [1.29, 1.82) is 0 Å². The summed E-state index contributed by atoms with van der Waals surface area (Å²) in [6.45, 7) is 0. The van der Waals surface area contributed by atoms with Crippen molar-refractivity contribution >= 4 is 47.0 Å². The normalized spacial score (nSPS) is 10.6. The van der Waals surface area contributed by atoms with Gasteiger partial charge in [0.15, 0.2) is 24.1 Å². The van der Waals surface area contributed by atoms with Gasteiger partial charge in [-0.25, -0.2) is 9.97 Å². The number of aromatic nitrogens is 3. The van der Waals surface area contributed by atoms with Crippen molar-refractivity contribution < 1.29 is 19.1 Å². The Labute approximate surface area is 251 Å². The van der Waals surface area contributed by atoms with Gasteiger partial charge in [0.1, 0.15) is 29.5 Å². The molecule has 0 spiro atoms. The van der Waals surface area contributed by atoms with E-state index in [-0.39, 0.29) is 22.6 Å². The second kappa shape index (κ2) is 12.2. The molecular weight excluding hydrogens is 558 g/mol. The van der Waals surface area contributed by atoms with Crippen molar-refractivity contribution in [1.82, 2.24) is 15.0 Å². The third kappa shape index (κ3) is 5.52. The third-order valence-electron chi connectivity index (χ3n) is 6.70. The minimum atomic E-state index is 0.213. The number of nitrogens with zero attached hydrogens (tertiary/aromatic N) is 3. The van der Waals surface area contributed by atoms with E-state index in [0.29, 0.717) is 69.6 Å². The van der Waals surface area contributed by atoms with Crippen LogP contribution in [0.2, 0.25) is 0 Å². The van der Waals surface area contributed by atoms with Crippen LogP contribution in [-0.2, 0) is 0 Å². The summed E-state index contributed by atoms with van der Waals surface area (Å²) >= 11 is 0. The van der Waals surface area contributed by atoms with Crippen LogP contribution < -0.4 is 31.6 Å². The number of fused-ring (bicyclic) bond motifs is 1. The first-order valence-corrected chi connectivity index (χ1v) is 13.4. The minimum Gasteiger partial charge on any atom is -0.454 e. The van der Waals surface area contributed by atoms with Gasteiger partial charge < -0.3 is 31.6 Å². The largest absolute Gasteiger partial charge is 0.454 e. The lowest BCUT2D eigenvalue weighted by Crippen LogP contribution is -2.03. The highest BCUT2D eigenvalue weighted by atomic mass is 16.5. The number of aldehydes is 2. The molecule has 216 valence electrons. The third-order valence-corrected chi connectivity index (χ3v) is 6.70. The van der Waals surface area contributed by atoms with Crippen LogP contribution in [0.5, 0.6) is 23.0 Å². The number of hydrogen-bond donors (Lipinski definition) is 4. The smallest absolute Gasteiger partial charge is 0.162 e. The van der Waals surface area contributed by atoms with Crippen LogP contribution in [0, 0.1) is 0 Å². The average molecular weight is 584 g/mol. The van der Waals surface area contributed by atoms with E-state index in [1.54, 1.807) is 60.9 Å². The molecule has 0 fully saturated rings. The predicted molar refractivity (Wildman–Crippen MR) is 169 cm³/mol. The molecule has 0 atom stereocenters. The fourth-order valence-electron chi connectivity index (χ4n) is 4.57. The van der Waals surface area contributed by atoms with E-state index >= 15 is 0 Å². The molecule has 0 bridgehead atoms. The van der Waals surface area contributed by atoms with E-state index in [0.717, 1.165) is 0 Å². The number of rotatable bonds is 10. The molecule has 0 saturated heterocycles. The number of ether oxygens (including phenoxy) is 2.